The van der Waals surface area contributed by atoms with Gasteiger partial charge in [-0.05, 0) is 30.7 Å². The molecule has 3 amide bonds. The van der Waals surface area contributed by atoms with Crippen LogP contribution in [0.4, 0.5) is 0 Å². The predicted molar refractivity (Wildman–Crippen MR) is 127 cm³/mol. The summed E-state index contributed by atoms with van der Waals surface area (Å²) in [5, 5.41) is 14.8. The number of unbranched alkanes of at least 4 members (excludes halogenated alkanes) is 3. The zero-order valence-corrected chi connectivity index (χ0v) is 19.7. The molecule has 0 unspecified atom stereocenters. The highest BCUT2D eigenvalue weighted by molar-refractivity contribution is 5.96. The van der Waals surface area contributed by atoms with Crippen LogP contribution in [0.3, 0.4) is 0 Å². The van der Waals surface area contributed by atoms with Crippen molar-refractivity contribution in [2.45, 2.75) is 51.6 Å². The van der Waals surface area contributed by atoms with Gasteiger partial charge in [0.1, 0.15) is 6.04 Å². The molecular weight excluding hydrogens is 418 g/mol. The van der Waals surface area contributed by atoms with Gasteiger partial charge in [-0.3, -0.25) is 14.4 Å². The van der Waals surface area contributed by atoms with E-state index in [-0.39, 0.29) is 36.2 Å². The zero-order chi connectivity index (χ0) is 23.8. The van der Waals surface area contributed by atoms with Gasteiger partial charge in [-0.25, -0.2) is 0 Å². The van der Waals surface area contributed by atoms with Crippen LogP contribution in [-0.2, 0) is 20.9 Å². The molecule has 5 atom stereocenters. The van der Waals surface area contributed by atoms with Crippen molar-refractivity contribution < 1.29 is 19.5 Å². The lowest BCUT2D eigenvalue weighted by Crippen LogP contribution is -2.47. The molecule has 33 heavy (non-hydrogen) atoms. The summed E-state index contributed by atoms with van der Waals surface area (Å²) in [5.74, 6) is -1.74. The van der Waals surface area contributed by atoms with E-state index in [0.29, 0.717) is 13.1 Å². The molecular formula is C26H37N3O4. The molecule has 0 spiro atoms. The van der Waals surface area contributed by atoms with Gasteiger partial charge >= 0.3 is 0 Å². The molecule has 0 aromatic heterocycles. The number of benzene rings is 1. The highest BCUT2D eigenvalue weighted by Gasteiger charge is 2.56. The molecule has 7 nitrogen and oxygen atoms in total. The highest BCUT2D eigenvalue weighted by Crippen LogP contribution is 2.45. The molecule has 3 N–H and O–H groups in total. The quantitative estimate of drug-likeness (QED) is 0.352. The van der Waals surface area contributed by atoms with Crippen LogP contribution in [0.1, 0.15) is 44.6 Å². The van der Waals surface area contributed by atoms with Crippen molar-refractivity contribution in [2.24, 2.45) is 23.7 Å². The van der Waals surface area contributed by atoms with Crippen LogP contribution >= 0.6 is 0 Å². The fourth-order valence-corrected chi connectivity index (χ4v) is 5.29. The molecule has 0 bridgehead atoms. The molecule has 0 saturated carbocycles. The standard InChI is InChI=1S/C26H37N3O4/c1-3-19-13-14-20-22(21(19)24(31)27-2)26(33)29(15-9-4-5-10-16-30)23(20)25(32)28-17-18-11-7-6-8-12-18/h6-8,11-14,19-23,30H,3-5,9-10,15-17H2,1-2H3,(H,27,31)(H,28,32)/t19-,20+,21-,22+,23+/m1/s1. The summed E-state index contributed by atoms with van der Waals surface area (Å²) in [6.45, 7) is 3.06. The van der Waals surface area contributed by atoms with Gasteiger partial charge in [0, 0.05) is 32.7 Å². The van der Waals surface area contributed by atoms with E-state index in [4.69, 9.17) is 5.11 Å². The Morgan fingerprint density at radius 1 is 1.03 bits per heavy atom. The fourth-order valence-electron chi connectivity index (χ4n) is 5.29. The van der Waals surface area contributed by atoms with Gasteiger partial charge in [-0.2, -0.15) is 0 Å². The Labute approximate surface area is 196 Å². The zero-order valence-electron chi connectivity index (χ0n) is 19.7. The number of amides is 3. The molecule has 180 valence electrons. The first-order valence-corrected chi connectivity index (χ1v) is 12.2. The first-order chi connectivity index (χ1) is 16.0. The summed E-state index contributed by atoms with van der Waals surface area (Å²) >= 11 is 0. The molecule has 1 aliphatic heterocycles. The number of nitrogens with zero attached hydrogens (tertiary/aromatic N) is 1. The lowest BCUT2D eigenvalue weighted by Gasteiger charge is -2.33. The molecule has 3 rings (SSSR count). The van der Waals surface area contributed by atoms with Crippen LogP contribution in [0, 0.1) is 23.7 Å². The maximum Gasteiger partial charge on any atom is 0.243 e. The molecule has 1 fully saturated rings. The second-order valence-corrected chi connectivity index (χ2v) is 9.02. The summed E-state index contributed by atoms with van der Waals surface area (Å²) in [6, 6.07) is 9.08. The number of hydrogen-bond acceptors (Lipinski definition) is 4. The summed E-state index contributed by atoms with van der Waals surface area (Å²) in [4.78, 5) is 41.5. The molecule has 7 heteroatoms. The molecule has 1 aliphatic carbocycles. The second kappa shape index (κ2) is 12.0. The Morgan fingerprint density at radius 2 is 1.76 bits per heavy atom. The molecule has 2 aliphatic rings. The lowest BCUT2D eigenvalue weighted by atomic mass is 9.69. The minimum Gasteiger partial charge on any atom is -0.396 e. The van der Waals surface area contributed by atoms with Crippen LogP contribution in [0.2, 0.25) is 0 Å². The van der Waals surface area contributed by atoms with Gasteiger partial charge in [-0.15, -0.1) is 0 Å². The van der Waals surface area contributed by atoms with Crippen LogP contribution in [0.25, 0.3) is 0 Å². The number of nitrogens with one attached hydrogen (secondary N) is 2. The summed E-state index contributed by atoms with van der Waals surface area (Å²) < 4.78 is 0. The van der Waals surface area contributed by atoms with E-state index in [1.165, 1.54) is 0 Å². The Hall–Kier alpha value is -2.67. The van der Waals surface area contributed by atoms with Gasteiger partial charge in [0.15, 0.2) is 0 Å². The molecule has 1 saturated heterocycles. The van der Waals surface area contributed by atoms with E-state index in [9.17, 15) is 14.4 Å². The third-order valence-electron chi connectivity index (χ3n) is 7.02. The first-order valence-electron chi connectivity index (χ1n) is 12.2. The van der Waals surface area contributed by atoms with Crippen molar-refractivity contribution in [1.82, 2.24) is 15.5 Å². The van der Waals surface area contributed by atoms with Gasteiger partial charge in [-0.1, -0.05) is 62.2 Å². The Bertz CT molecular complexity index is 841. The third kappa shape index (κ3) is 5.64. The largest absolute Gasteiger partial charge is 0.396 e. The van der Waals surface area contributed by atoms with Gasteiger partial charge in [0.2, 0.25) is 17.7 Å². The Morgan fingerprint density at radius 3 is 2.42 bits per heavy atom. The van der Waals surface area contributed by atoms with Gasteiger partial charge in [0.05, 0.1) is 11.8 Å². The van der Waals surface area contributed by atoms with Gasteiger partial charge < -0.3 is 20.6 Å². The minimum absolute atomic E-state index is 0.0207. The van der Waals surface area contributed by atoms with E-state index in [1.54, 1.807) is 11.9 Å². The van der Waals surface area contributed by atoms with Crippen molar-refractivity contribution in [3.63, 3.8) is 0 Å². The number of likely N-dealkylation sites (tertiary alicyclic amines) is 1. The topological polar surface area (TPSA) is 98.7 Å². The number of aliphatic hydroxyl groups excluding tert-OH is 1. The number of aliphatic hydroxyl groups is 1. The van der Waals surface area contributed by atoms with Crippen molar-refractivity contribution in [3.05, 3.63) is 48.0 Å². The number of carbonyl (C=O) groups is 3. The van der Waals surface area contributed by atoms with E-state index in [1.807, 2.05) is 49.4 Å². The summed E-state index contributed by atoms with van der Waals surface area (Å²) in [6.07, 6.45) is 8.04. The molecule has 1 aromatic rings. The normalized spacial score (nSPS) is 26.2. The third-order valence-corrected chi connectivity index (χ3v) is 7.02. The Kier molecular flexibility index (Phi) is 9.06. The monoisotopic (exact) mass is 455 g/mol. The molecule has 1 aromatic carbocycles. The number of allylic oxidation sites excluding steroid dienone is 1. The van der Waals surface area contributed by atoms with Crippen LogP contribution in [0.15, 0.2) is 42.5 Å². The number of fused-ring (bicyclic) bond motifs is 1. The van der Waals surface area contributed by atoms with E-state index < -0.39 is 17.9 Å². The SMILES string of the molecule is CC[C@@H]1C=C[C@H]2[C@H](C(=O)N(CCCCCCO)[C@@H]2C(=O)NCc2ccccc2)[C@@H]1C(=O)NC. The predicted octanol–water partition coefficient (Wildman–Crippen LogP) is 2.26. The lowest BCUT2D eigenvalue weighted by molar-refractivity contribution is -0.140. The van der Waals surface area contributed by atoms with Crippen LogP contribution < -0.4 is 10.6 Å². The van der Waals surface area contributed by atoms with Crippen molar-refractivity contribution in [2.75, 3.05) is 20.2 Å². The minimum atomic E-state index is -0.620. The highest BCUT2D eigenvalue weighted by atomic mass is 16.3. The smallest absolute Gasteiger partial charge is 0.243 e. The first kappa shape index (κ1) is 25.0. The van der Waals surface area contributed by atoms with Gasteiger partial charge in [0.25, 0.3) is 0 Å². The fraction of sp³-hybridized carbons (Fsp3) is 0.577. The number of rotatable bonds is 11. The van der Waals surface area contributed by atoms with Crippen molar-refractivity contribution in [1.29, 1.82) is 0 Å². The summed E-state index contributed by atoms with van der Waals surface area (Å²) in [5.41, 5.74) is 0.996. The van der Waals surface area contributed by atoms with Crippen LogP contribution in [0.5, 0.6) is 0 Å². The number of carbonyl (C=O) groups excluding carboxylic acids is 3. The maximum absolute atomic E-state index is 13.6. The van der Waals surface area contributed by atoms with E-state index in [2.05, 4.69) is 10.6 Å². The number of hydrogen-bond donors (Lipinski definition) is 3. The molecule has 0 radical (unpaired) electrons. The Balaban J connectivity index is 1.83. The van der Waals surface area contributed by atoms with E-state index in [0.717, 1.165) is 37.7 Å². The van der Waals surface area contributed by atoms with Crippen LogP contribution in [-0.4, -0.2) is 54.0 Å². The van der Waals surface area contributed by atoms with Crippen molar-refractivity contribution >= 4 is 17.7 Å². The molecule has 1 heterocycles. The average molecular weight is 456 g/mol. The van der Waals surface area contributed by atoms with E-state index >= 15 is 0 Å². The maximum atomic E-state index is 13.6. The average Bonchev–Trinajstić information content (AvgIpc) is 3.13. The summed E-state index contributed by atoms with van der Waals surface area (Å²) in [7, 11) is 1.60. The second-order valence-electron chi connectivity index (χ2n) is 9.02. The van der Waals surface area contributed by atoms with Crippen molar-refractivity contribution in [3.8, 4) is 0 Å².